The zero-order valence-electron chi connectivity index (χ0n) is 14.6. The monoisotopic (exact) mass is 350 g/mol. The van der Waals surface area contributed by atoms with E-state index in [-0.39, 0.29) is 17.7 Å². The molecule has 3 aromatic rings. The zero-order valence-corrected chi connectivity index (χ0v) is 14.6. The molecule has 3 rings (SSSR count). The fourth-order valence-electron chi connectivity index (χ4n) is 2.91. The van der Waals surface area contributed by atoms with Crippen LogP contribution in [0.5, 0.6) is 0 Å². The van der Waals surface area contributed by atoms with E-state index in [2.05, 4.69) is 10.3 Å². The first-order valence-corrected chi connectivity index (χ1v) is 8.29. The standard InChI is InChI=1S/C21H19FN2O2/c1-13-11-14(2)24-21(26)18(13)12-23-20(25)17-10-6-9-16(19(17)22)15-7-4-3-5-8-15/h3-11H,12H2,1-2H3,(H,23,25)(H,24,26). The number of H-pyrrole nitrogens is 1. The highest BCUT2D eigenvalue weighted by molar-refractivity contribution is 5.95. The Morgan fingerprint density at radius 3 is 2.50 bits per heavy atom. The highest BCUT2D eigenvalue weighted by Crippen LogP contribution is 2.24. The van der Waals surface area contributed by atoms with Crippen LogP contribution in [-0.4, -0.2) is 10.9 Å². The van der Waals surface area contributed by atoms with Crippen molar-refractivity contribution in [1.82, 2.24) is 10.3 Å². The van der Waals surface area contributed by atoms with E-state index in [4.69, 9.17) is 0 Å². The Hall–Kier alpha value is -3.21. The first-order chi connectivity index (χ1) is 12.5. The normalized spacial score (nSPS) is 10.6. The van der Waals surface area contributed by atoms with Crippen LogP contribution in [0.1, 0.15) is 27.2 Å². The number of aromatic amines is 1. The zero-order chi connectivity index (χ0) is 18.7. The largest absolute Gasteiger partial charge is 0.348 e. The van der Waals surface area contributed by atoms with E-state index >= 15 is 0 Å². The maximum absolute atomic E-state index is 14.8. The van der Waals surface area contributed by atoms with Crippen LogP contribution in [0.3, 0.4) is 0 Å². The van der Waals surface area contributed by atoms with Crippen molar-refractivity contribution in [2.75, 3.05) is 0 Å². The molecule has 2 aromatic carbocycles. The van der Waals surface area contributed by atoms with E-state index in [0.717, 1.165) is 11.3 Å². The predicted molar refractivity (Wildman–Crippen MR) is 99.5 cm³/mol. The molecule has 0 fully saturated rings. The number of aryl methyl sites for hydroxylation is 2. The number of amides is 1. The van der Waals surface area contributed by atoms with Crippen molar-refractivity contribution in [3.8, 4) is 11.1 Å². The molecule has 26 heavy (non-hydrogen) atoms. The van der Waals surface area contributed by atoms with Gasteiger partial charge in [0.1, 0.15) is 5.82 Å². The number of pyridine rings is 1. The molecule has 0 atom stereocenters. The summed E-state index contributed by atoms with van der Waals surface area (Å²) in [5.74, 6) is -1.13. The molecular formula is C21H19FN2O2. The first-order valence-electron chi connectivity index (χ1n) is 8.29. The minimum Gasteiger partial charge on any atom is -0.348 e. The Labute approximate surface area is 150 Å². The number of carbonyl (C=O) groups is 1. The number of benzene rings is 2. The Morgan fingerprint density at radius 1 is 1.08 bits per heavy atom. The molecule has 0 saturated heterocycles. The van der Waals surface area contributed by atoms with E-state index in [1.54, 1.807) is 38.1 Å². The number of halogens is 1. The SMILES string of the molecule is Cc1cc(C)c(CNC(=O)c2cccc(-c3ccccc3)c2F)c(=O)[nH]1. The van der Waals surface area contributed by atoms with Gasteiger partial charge in [0.15, 0.2) is 0 Å². The van der Waals surface area contributed by atoms with Gasteiger partial charge in [-0.15, -0.1) is 0 Å². The molecule has 0 saturated carbocycles. The van der Waals surface area contributed by atoms with E-state index in [0.29, 0.717) is 16.7 Å². The molecule has 1 aromatic heterocycles. The quantitative estimate of drug-likeness (QED) is 0.753. The van der Waals surface area contributed by atoms with E-state index in [9.17, 15) is 14.0 Å². The molecule has 0 radical (unpaired) electrons. The number of rotatable bonds is 4. The molecule has 0 aliphatic heterocycles. The van der Waals surface area contributed by atoms with Gasteiger partial charge in [0.2, 0.25) is 0 Å². The number of carbonyl (C=O) groups excluding carboxylic acids is 1. The molecule has 132 valence electrons. The van der Waals surface area contributed by atoms with Gasteiger partial charge in [-0.2, -0.15) is 0 Å². The van der Waals surface area contributed by atoms with Crippen LogP contribution in [0.2, 0.25) is 0 Å². The molecule has 0 spiro atoms. The Morgan fingerprint density at radius 2 is 1.81 bits per heavy atom. The molecule has 0 aliphatic rings. The lowest BCUT2D eigenvalue weighted by Crippen LogP contribution is -2.28. The summed E-state index contributed by atoms with van der Waals surface area (Å²) < 4.78 is 14.8. The lowest BCUT2D eigenvalue weighted by atomic mass is 10.0. The van der Waals surface area contributed by atoms with Gasteiger partial charge in [0.05, 0.1) is 5.56 Å². The third-order valence-electron chi connectivity index (χ3n) is 4.25. The van der Waals surface area contributed by atoms with Gasteiger partial charge in [-0.3, -0.25) is 9.59 Å². The average molecular weight is 350 g/mol. The van der Waals surface area contributed by atoms with Crippen molar-refractivity contribution in [3.63, 3.8) is 0 Å². The summed E-state index contributed by atoms with van der Waals surface area (Å²) in [4.78, 5) is 27.2. The van der Waals surface area contributed by atoms with E-state index in [1.165, 1.54) is 6.07 Å². The molecule has 5 heteroatoms. The third-order valence-corrected chi connectivity index (χ3v) is 4.25. The number of aromatic nitrogens is 1. The Bertz CT molecular complexity index is 1010. The number of hydrogen-bond acceptors (Lipinski definition) is 2. The fourth-order valence-corrected chi connectivity index (χ4v) is 2.91. The molecule has 0 unspecified atom stereocenters. The lowest BCUT2D eigenvalue weighted by Gasteiger charge is -2.11. The van der Waals surface area contributed by atoms with Crippen LogP contribution in [0.4, 0.5) is 4.39 Å². The van der Waals surface area contributed by atoms with E-state index < -0.39 is 11.7 Å². The summed E-state index contributed by atoms with van der Waals surface area (Å²) >= 11 is 0. The van der Waals surface area contributed by atoms with Gasteiger partial charge < -0.3 is 10.3 Å². The molecule has 1 amide bonds. The van der Waals surface area contributed by atoms with Crippen LogP contribution < -0.4 is 10.9 Å². The van der Waals surface area contributed by atoms with Crippen molar-refractivity contribution < 1.29 is 9.18 Å². The molecule has 0 bridgehead atoms. The van der Waals surface area contributed by atoms with Crippen LogP contribution in [-0.2, 0) is 6.54 Å². The van der Waals surface area contributed by atoms with Crippen molar-refractivity contribution >= 4 is 5.91 Å². The van der Waals surface area contributed by atoms with Gasteiger partial charge in [-0.05, 0) is 37.1 Å². The Kier molecular flexibility index (Phi) is 4.98. The summed E-state index contributed by atoms with van der Waals surface area (Å²) in [6.45, 7) is 3.64. The first kappa shape index (κ1) is 17.6. The minimum absolute atomic E-state index is 0.0370. The summed E-state index contributed by atoms with van der Waals surface area (Å²) in [7, 11) is 0. The molecular weight excluding hydrogens is 331 g/mol. The summed E-state index contributed by atoms with van der Waals surface area (Å²) in [6, 6.07) is 15.6. The smallest absolute Gasteiger partial charge is 0.254 e. The minimum atomic E-state index is -0.578. The summed E-state index contributed by atoms with van der Waals surface area (Å²) in [5, 5.41) is 2.64. The van der Waals surface area contributed by atoms with Crippen molar-refractivity contribution in [2.24, 2.45) is 0 Å². The third kappa shape index (κ3) is 3.57. The van der Waals surface area contributed by atoms with Crippen LogP contribution >= 0.6 is 0 Å². The van der Waals surface area contributed by atoms with Crippen LogP contribution in [0.25, 0.3) is 11.1 Å². The fraction of sp³-hybridized carbons (Fsp3) is 0.143. The van der Waals surface area contributed by atoms with Gasteiger partial charge in [-0.1, -0.05) is 42.5 Å². The topological polar surface area (TPSA) is 62.0 Å². The molecule has 0 aliphatic carbocycles. The van der Waals surface area contributed by atoms with Crippen molar-refractivity contribution in [1.29, 1.82) is 0 Å². The second-order valence-corrected chi connectivity index (χ2v) is 6.16. The number of nitrogens with one attached hydrogen (secondary N) is 2. The lowest BCUT2D eigenvalue weighted by molar-refractivity contribution is 0.0947. The predicted octanol–water partition coefficient (Wildman–Crippen LogP) is 3.73. The molecule has 1 heterocycles. The summed E-state index contributed by atoms with van der Waals surface area (Å²) in [5.41, 5.74) is 2.76. The van der Waals surface area contributed by atoms with Gasteiger partial charge in [0.25, 0.3) is 11.5 Å². The molecule has 4 nitrogen and oxygen atoms in total. The second-order valence-electron chi connectivity index (χ2n) is 6.16. The van der Waals surface area contributed by atoms with E-state index in [1.807, 2.05) is 24.3 Å². The van der Waals surface area contributed by atoms with Crippen LogP contribution in [0.15, 0.2) is 59.4 Å². The molecule has 2 N–H and O–H groups in total. The van der Waals surface area contributed by atoms with Crippen molar-refractivity contribution in [3.05, 3.63) is 93.2 Å². The second kappa shape index (κ2) is 7.35. The highest BCUT2D eigenvalue weighted by Gasteiger charge is 2.16. The van der Waals surface area contributed by atoms with Crippen molar-refractivity contribution in [2.45, 2.75) is 20.4 Å². The van der Waals surface area contributed by atoms with Gasteiger partial charge in [-0.25, -0.2) is 4.39 Å². The van der Waals surface area contributed by atoms with Gasteiger partial charge >= 0.3 is 0 Å². The number of hydrogen-bond donors (Lipinski definition) is 2. The average Bonchev–Trinajstić information content (AvgIpc) is 2.61. The maximum atomic E-state index is 14.8. The van der Waals surface area contributed by atoms with Crippen LogP contribution in [0, 0.1) is 19.7 Å². The summed E-state index contributed by atoms with van der Waals surface area (Å²) in [6.07, 6.45) is 0. The van der Waals surface area contributed by atoms with Gasteiger partial charge in [0, 0.05) is 23.4 Å². The maximum Gasteiger partial charge on any atom is 0.254 e. The highest BCUT2D eigenvalue weighted by atomic mass is 19.1. The Balaban J connectivity index is 1.84.